The van der Waals surface area contributed by atoms with Gasteiger partial charge in [0.25, 0.3) is 0 Å². The molecule has 0 fully saturated rings. The summed E-state index contributed by atoms with van der Waals surface area (Å²) in [5, 5.41) is 17.6. The number of carbonyl (C=O) groups is 1. The van der Waals surface area contributed by atoms with Gasteiger partial charge < -0.3 is 9.90 Å². The normalized spacial score (nSPS) is 11.2. The third kappa shape index (κ3) is 7.18. The Morgan fingerprint density at radius 2 is 0.547 bits per heavy atom. The summed E-state index contributed by atoms with van der Waals surface area (Å²) >= 11 is 0. The molecule has 0 saturated carbocycles. The van der Waals surface area contributed by atoms with Crippen LogP contribution in [-0.2, 0) is 0 Å². The summed E-state index contributed by atoms with van der Waals surface area (Å²) in [5.41, 5.74) is -1.97. The highest BCUT2D eigenvalue weighted by Gasteiger charge is 2.44. The van der Waals surface area contributed by atoms with Crippen LogP contribution < -0.4 is 41.1 Å². The molecule has 0 N–H and O–H groups in total. The van der Waals surface area contributed by atoms with Gasteiger partial charge in [-0.25, -0.2) is 22.0 Å². The van der Waals surface area contributed by atoms with Crippen LogP contribution in [-0.4, -0.2) is 5.97 Å². The molecule has 0 unspecified atom stereocenters. The predicted octanol–water partition coefficient (Wildman–Crippen LogP) is 7.15. The van der Waals surface area contributed by atoms with Crippen molar-refractivity contribution >= 4 is 51.9 Å². The van der Waals surface area contributed by atoms with Gasteiger partial charge in [-0.2, -0.15) is 0 Å². The molecular weight excluding hydrogens is 719 g/mol. The van der Waals surface area contributed by atoms with Crippen molar-refractivity contribution in [2.75, 3.05) is 0 Å². The highest BCUT2D eigenvalue weighted by molar-refractivity contribution is 7.93. The van der Waals surface area contributed by atoms with Crippen LogP contribution >= 0.6 is 14.1 Å². The van der Waals surface area contributed by atoms with E-state index in [0.29, 0.717) is 0 Å². The van der Waals surface area contributed by atoms with Gasteiger partial charge in [0, 0.05) is 0 Å². The fraction of sp³-hybridized carbons (Fsp3) is 0. The van der Waals surface area contributed by atoms with Gasteiger partial charge in [-0.1, -0.05) is 109 Å². The topological polar surface area (TPSA) is 54.2 Å². The molecule has 0 bridgehead atoms. The van der Waals surface area contributed by atoms with Gasteiger partial charge in [-0.05, 0) is 72.8 Å². The second-order valence-electron chi connectivity index (χ2n) is 11.6. The van der Waals surface area contributed by atoms with E-state index in [2.05, 4.69) is 182 Å². The molecule has 0 spiro atoms. The zero-order valence-electron chi connectivity index (χ0n) is 27.9. The summed E-state index contributed by atoms with van der Waals surface area (Å²) in [5.74, 6) is -14.4. The van der Waals surface area contributed by atoms with E-state index in [-0.39, 0.29) is 0 Å². The lowest BCUT2D eigenvalue weighted by atomic mass is 10.1. The fourth-order valence-corrected chi connectivity index (χ4v) is 15.6. The average molecular weight is 750 g/mol. The van der Waals surface area contributed by atoms with Crippen molar-refractivity contribution in [1.82, 2.24) is 4.17 Å². The molecule has 0 radical (unpaired) electrons. The SMILES string of the molecule is O=C([O-])c1c(F)c(F)c(F)c(F)c1F.c1ccc(P(=[N+]=P(c2ccccc2)(c2ccccc2)c2ccccc2)(c2ccccc2)c2ccccc2)cc1. The molecule has 7 aromatic carbocycles. The van der Waals surface area contributed by atoms with Gasteiger partial charge in [0.1, 0.15) is 0 Å². The first kappa shape index (κ1) is 37.0. The zero-order chi connectivity index (χ0) is 37.4. The van der Waals surface area contributed by atoms with Crippen LogP contribution in [0.5, 0.6) is 0 Å². The van der Waals surface area contributed by atoms with Crippen molar-refractivity contribution < 1.29 is 31.9 Å². The minimum atomic E-state index is -2.50. The molecule has 7 aromatic rings. The maximum absolute atomic E-state index is 12.5. The van der Waals surface area contributed by atoms with Crippen molar-refractivity contribution in [2.24, 2.45) is 0 Å². The van der Waals surface area contributed by atoms with Gasteiger partial charge in [-0.3, -0.25) is 0 Å². The average Bonchev–Trinajstić information content (AvgIpc) is 3.22. The van der Waals surface area contributed by atoms with Crippen LogP contribution in [0.3, 0.4) is 0 Å². The molecule has 0 atom stereocenters. The third-order valence-corrected chi connectivity index (χ3v) is 16.9. The monoisotopic (exact) mass is 749 g/mol. The Kier molecular flexibility index (Phi) is 11.4. The van der Waals surface area contributed by atoms with Gasteiger partial charge >= 0.3 is 14.1 Å². The Labute approximate surface area is 303 Å². The van der Waals surface area contributed by atoms with Crippen LogP contribution in [0.4, 0.5) is 22.0 Å². The second kappa shape index (κ2) is 16.3. The Morgan fingerprint density at radius 1 is 0.358 bits per heavy atom. The number of hydrogen-bond acceptors (Lipinski definition) is 2. The summed E-state index contributed by atoms with van der Waals surface area (Å²) < 4.78 is 68.3. The van der Waals surface area contributed by atoms with E-state index in [9.17, 15) is 31.9 Å². The lowest BCUT2D eigenvalue weighted by Crippen LogP contribution is -2.31. The summed E-state index contributed by atoms with van der Waals surface area (Å²) in [6.07, 6.45) is 0. The third-order valence-electron chi connectivity index (χ3n) is 8.46. The van der Waals surface area contributed by atoms with Crippen LogP contribution in [0, 0.1) is 29.1 Å². The van der Waals surface area contributed by atoms with Crippen LogP contribution in [0.15, 0.2) is 182 Å². The van der Waals surface area contributed by atoms with E-state index < -0.39 is 54.7 Å². The molecule has 264 valence electrons. The number of halogens is 5. The quantitative estimate of drug-likeness (QED) is 0.0572. The minimum Gasteiger partial charge on any atom is -0.545 e. The van der Waals surface area contributed by atoms with E-state index in [1.54, 1.807) is 0 Å². The molecule has 0 aromatic heterocycles. The summed E-state index contributed by atoms with van der Waals surface area (Å²) in [6.45, 7) is 0. The number of hydrogen-bond donors (Lipinski definition) is 0. The van der Waals surface area contributed by atoms with Crippen LogP contribution in [0.1, 0.15) is 10.4 Å². The first-order valence-corrected chi connectivity index (χ1v) is 19.8. The lowest BCUT2D eigenvalue weighted by Gasteiger charge is -2.20. The first-order valence-electron chi connectivity index (χ1n) is 16.3. The molecule has 0 aliphatic heterocycles. The Morgan fingerprint density at radius 3 is 0.736 bits per heavy atom. The molecule has 3 nitrogen and oxygen atoms in total. The number of aromatic carboxylic acids is 1. The van der Waals surface area contributed by atoms with Crippen molar-refractivity contribution in [3.63, 3.8) is 0 Å². The smallest absolute Gasteiger partial charge is 0.301 e. The molecule has 0 heterocycles. The van der Waals surface area contributed by atoms with Crippen molar-refractivity contribution in [1.29, 1.82) is 0 Å². The number of rotatable bonds is 7. The molecular formula is C43H30F5NO2P2. The number of carboxylic acids is 1. The number of nitrogens with zero attached hydrogens (tertiary/aromatic N) is 1. The van der Waals surface area contributed by atoms with Crippen LogP contribution in [0.25, 0.3) is 0 Å². The maximum atomic E-state index is 12.5. The number of carbonyl (C=O) groups excluding carboxylic acids is 1. The van der Waals surface area contributed by atoms with Crippen molar-refractivity contribution in [3.8, 4) is 0 Å². The van der Waals surface area contributed by atoms with E-state index in [1.807, 2.05) is 0 Å². The number of carboxylic acid groups (broad SMARTS) is 1. The highest BCUT2D eigenvalue weighted by atomic mass is 31.2. The molecule has 7 rings (SSSR count). The van der Waals surface area contributed by atoms with E-state index in [1.165, 1.54) is 31.8 Å². The van der Waals surface area contributed by atoms with Crippen molar-refractivity contribution in [3.05, 3.63) is 217 Å². The second-order valence-corrected chi connectivity index (χ2v) is 18.0. The standard InChI is InChI=1S/C36H30NP2.C7HF5O2/c1-7-19-31(20-8-1)38(32-21-9-2-10-22-32,33-23-11-3-12-24-33)37-39(34-25-13-4-14-26-34,35-27-15-5-16-28-35)36-29-17-6-18-30-36;8-2-1(7(13)14)3(9)5(11)6(12)4(2)10/h1-30H;(H,13,14)/q+1;/p-1. The number of benzene rings is 7. The molecule has 0 aliphatic carbocycles. The largest absolute Gasteiger partial charge is 0.545 e. The van der Waals surface area contributed by atoms with E-state index in [4.69, 9.17) is 4.17 Å². The Bertz CT molecular complexity index is 2100. The Balaban J connectivity index is 0.000000290. The Hall–Kier alpha value is -5.77. The first-order chi connectivity index (χ1) is 25.7. The van der Waals surface area contributed by atoms with Gasteiger partial charge in [0.2, 0.25) is 5.82 Å². The molecule has 0 saturated heterocycles. The summed E-state index contributed by atoms with van der Waals surface area (Å²) in [4.78, 5) is 10.0. The summed E-state index contributed by atoms with van der Waals surface area (Å²) in [7, 11) is -4.99. The fourth-order valence-electron chi connectivity index (χ4n) is 6.05. The van der Waals surface area contributed by atoms with Crippen LogP contribution in [0.2, 0.25) is 0 Å². The lowest BCUT2D eigenvalue weighted by molar-refractivity contribution is -0.255. The molecule has 0 amide bonds. The zero-order valence-corrected chi connectivity index (χ0v) is 29.7. The van der Waals surface area contributed by atoms with Crippen molar-refractivity contribution in [2.45, 2.75) is 0 Å². The predicted molar refractivity (Wildman–Crippen MR) is 203 cm³/mol. The molecule has 10 heteroatoms. The van der Waals surface area contributed by atoms with E-state index in [0.717, 1.165) is 0 Å². The minimum absolute atomic E-state index is 1.26. The molecule has 0 aliphatic rings. The van der Waals surface area contributed by atoms with E-state index >= 15 is 0 Å². The maximum Gasteiger partial charge on any atom is 0.301 e. The highest BCUT2D eigenvalue weighted by Crippen LogP contribution is 2.50. The summed E-state index contributed by atoms with van der Waals surface area (Å²) in [6, 6.07) is 65.7. The van der Waals surface area contributed by atoms with Gasteiger partial charge in [-0.15, -0.1) is 4.17 Å². The molecule has 53 heavy (non-hydrogen) atoms. The van der Waals surface area contributed by atoms with Gasteiger partial charge in [0.15, 0.2) is 23.3 Å². The van der Waals surface area contributed by atoms with Gasteiger partial charge in [0.05, 0.1) is 43.4 Å².